The molecule has 0 radical (unpaired) electrons. The maximum Gasteiger partial charge on any atom is 0.331 e. The molecule has 0 saturated heterocycles. The van der Waals surface area contributed by atoms with Crippen LogP contribution in [0.4, 0.5) is 10.5 Å². The number of hydrogen-bond donors (Lipinski definition) is 2. The van der Waals surface area contributed by atoms with Crippen LogP contribution in [-0.4, -0.2) is 29.0 Å². The Morgan fingerprint density at radius 3 is 2.54 bits per heavy atom. The molecule has 2 aromatic carbocycles. The van der Waals surface area contributed by atoms with Crippen LogP contribution in [-0.2, 0) is 14.3 Å². The predicted molar refractivity (Wildman–Crippen MR) is 102 cm³/mol. The second-order valence-corrected chi connectivity index (χ2v) is 5.74. The summed E-state index contributed by atoms with van der Waals surface area (Å²) in [5, 5.41) is 4.60. The first kappa shape index (κ1) is 18.8. The van der Waals surface area contributed by atoms with E-state index in [1.807, 2.05) is 12.1 Å². The first-order chi connectivity index (χ1) is 13.5. The molecule has 0 bridgehead atoms. The van der Waals surface area contributed by atoms with Crippen LogP contribution in [0, 0.1) is 0 Å². The molecular weight excluding hydrogens is 362 g/mol. The Balaban J connectivity index is 1.50. The van der Waals surface area contributed by atoms with E-state index in [0.29, 0.717) is 16.8 Å². The van der Waals surface area contributed by atoms with Gasteiger partial charge in [0.15, 0.2) is 11.7 Å². The highest BCUT2D eigenvalue weighted by atomic mass is 16.5. The Morgan fingerprint density at radius 1 is 1.07 bits per heavy atom. The van der Waals surface area contributed by atoms with Crippen molar-refractivity contribution in [2.24, 2.45) is 0 Å². The summed E-state index contributed by atoms with van der Waals surface area (Å²) in [7, 11) is 0. The number of anilines is 1. The Hall–Kier alpha value is -3.94. The van der Waals surface area contributed by atoms with Gasteiger partial charge in [0.1, 0.15) is 5.52 Å². The van der Waals surface area contributed by atoms with Gasteiger partial charge in [0.2, 0.25) is 5.89 Å². The number of benzene rings is 2. The lowest BCUT2D eigenvalue weighted by Crippen LogP contribution is -2.41. The van der Waals surface area contributed by atoms with Crippen molar-refractivity contribution in [1.29, 1.82) is 0 Å². The number of fused-ring (bicyclic) bond motifs is 1. The minimum Gasteiger partial charge on any atom is -0.449 e. The number of urea groups is 1. The van der Waals surface area contributed by atoms with Crippen LogP contribution in [0.1, 0.15) is 12.8 Å². The number of aromatic nitrogens is 1. The number of carbonyl (C=O) groups is 3. The minimum absolute atomic E-state index is 0.234. The molecular formula is C20H17N3O5. The number of para-hydroxylation sites is 3. The zero-order chi connectivity index (χ0) is 19.9. The van der Waals surface area contributed by atoms with Gasteiger partial charge >= 0.3 is 12.0 Å². The highest BCUT2D eigenvalue weighted by molar-refractivity contribution is 6.03. The van der Waals surface area contributed by atoms with Gasteiger partial charge in [-0.3, -0.25) is 10.1 Å². The molecule has 28 heavy (non-hydrogen) atoms. The molecule has 0 aliphatic carbocycles. The third kappa shape index (κ3) is 5.04. The van der Waals surface area contributed by atoms with Crippen molar-refractivity contribution in [3.05, 3.63) is 66.6 Å². The largest absolute Gasteiger partial charge is 0.449 e. The molecule has 0 saturated carbocycles. The van der Waals surface area contributed by atoms with E-state index in [0.717, 1.165) is 6.08 Å². The number of hydrogen-bond acceptors (Lipinski definition) is 6. The smallest absolute Gasteiger partial charge is 0.331 e. The SMILES string of the molecule is CC(OC(=O)/C=C/c1nc2ccccc2o1)C(=O)NC(=O)Nc1ccccc1. The Morgan fingerprint density at radius 2 is 1.79 bits per heavy atom. The molecule has 3 amide bonds. The van der Waals surface area contributed by atoms with Crippen molar-refractivity contribution in [3.63, 3.8) is 0 Å². The van der Waals surface area contributed by atoms with E-state index in [2.05, 4.69) is 15.6 Å². The van der Waals surface area contributed by atoms with Crippen LogP contribution in [0.15, 0.2) is 65.1 Å². The van der Waals surface area contributed by atoms with E-state index in [9.17, 15) is 14.4 Å². The summed E-state index contributed by atoms with van der Waals surface area (Å²) in [4.78, 5) is 39.8. The molecule has 0 aliphatic rings. The van der Waals surface area contributed by atoms with Gasteiger partial charge in [0, 0.05) is 17.8 Å². The number of oxazole rings is 1. The summed E-state index contributed by atoms with van der Waals surface area (Å²) in [6.45, 7) is 1.36. The molecule has 3 rings (SSSR count). The van der Waals surface area contributed by atoms with E-state index in [-0.39, 0.29) is 5.89 Å². The lowest BCUT2D eigenvalue weighted by atomic mass is 10.3. The lowest BCUT2D eigenvalue weighted by Gasteiger charge is -2.12. The van der Waals surface area contributed by atoms with Crippen LogP contribution in [0.5, 0.6) is 0 Å². The fourth-order valence-electron chi connectivity index (χ4n) is 2.27. The molecule has 8 nitrogen and oxygen atoms in total. The van der Waals surface area contributed by atoms with Gasteiger partial charge in [0.25, 0.3) is 5.91 Å². The van der Waals surface area contributed by atoms with Crippen molar-refractivity contribution in [1.82, 2.24) is 10.3 Å². The molecule has 1 heterocycles. The van der Waals surface area contributed by atoms with E-state index in [1.165, 1.54) is 13.0 Å². The van der Waals surface area contributed by atoms with Crippen LogP contribution >= 0.6 is 0 Å². The molecule has 0 aliphatic heterocycles. The van der Waals surface area contributed by atoms with Gasteiger partial charge in [-0.25, -0.2) is 14.6 Å². The topological polar surface area (TPSA) is 111 Å². The normalized spacial score (nSPS) is 11.9. The van der Waals surface area contributed by atoms with Crippen LogP contribution < -0.4 is 10.6 Å². The number of ether oxygens (including phenoxy) is 1. The first-order valence-corrected chi connectivity index (χ1v) is 8.42. The monoisotopic (exact) mass is 379 g/mol. The first-order valence-electron chi connectivity index (χ1n) is 8.42. The van der Waals surface area contributed by atoms with E-state index < -0.39 is 24.0 Å². The molecule has 1 aromatic heterocycles. The maximum atomic E-state index is 12.0. The number of rotatable bonds is 5. The summed E-state index contributed by atoms with van der Waals surface area (Å²) >= 11 is 0. The number of carbonyl (C=O) groups excluding carboxylic acids is 3. The molecule has 142 valence electrons. The van der Waals surface area contributed by atoms with Crippen LogP contribution in [0.3, 0.4) is 0 Å². The fraction of sp³-hybridized carbons (Fsp3) is 0.100. The quantitative estimate of drug-likeness (QED) is 0.520. The maximum absolute atomic E-state index is 12.0. The van der Waals surface area contributed by atoms with E-state index in [1.54, 1.807) is 42.5 Å². The molecule has 3 aromatic rings. The highest BCUT2D eigenvalue weighted by Crippen LogP contribution is 2.15. The molecule has 1 unspecified atom stereocenters. The Bertz CT molecular complexity index is 994. The third-order valence-electron chi connectivity index (χ3n) is 3.60. The number of esters is 1. The molecule has 8 heteroatoms. The Kier molecular flexibility index (Phi) is 5.81. The second kappa shape index (κ2) is 8.63. The summed E-state index contributed by atoms with van der Waals surface area (Å²) in [6.07, 6.45) is 1.27. The van der Waals surface area contributed by atoms with Crippen LogP contribution in [0.25, 0.3) is 17.2 Å². The van der Waals surface area contributed by atoms with Gasteiger partial charge < -0.3 is 14.5 Å². The van der Waals surface area contributed by atoms with E-state index >= 15 is 0 Å². The average Bonchev–Trinajstić information content (AvgIpc) is 3.10. The standard InChI is InChI=1S/C20H17N3O5/c1-13(19(25)23-20(26)21-14-7-3-2-4-8-14)27-18(24)12-11-17-22-15-9-5-6-10-16(15)28-17/h2-13H,1H3,(H2,21,23,25,26)/b12-11+. The molecule has 1 atom stereocenters. The van der Waals surface area contributed by atoms with E-state index in [4.69, 9.17) is 9.15 Å². The number of nitrogens with one attached hydrogen (secondary N) is 2. The van der Waals surface area contributed by atoms with Gasteiger partial charge in [-0.15, -0.1) is 0 Å². The van der Waals surface area contributed by atoms with Crippen molar-refractivity contribution >= 4 is 40.8 Å². The second-order valence-electron chi connectivity index (χ2n) is 5.74. The van der Waals surface area contributed by atoms with Gasteiger partial charge in [0.05, 0.1) is 0 Å². The lowest BCUT2D eigenvalue weighted by molar-refractivity contribution is -0.149. The number of amides is 3. The van der Waals surface area contributed by atoms with Crippen molar-refractivity contribution < 1.29 is 23.5 Å². The van der Waals surface area contributed by atoms with Crippen molar-refractivity contribution in [2.75, 3.05) is 5.32 Å². The average molecular weight is 379 g/mol. The minimum atomic E-state index is -1.16. The molecule has 2 N–H and O–H groups in total. The fourth-order valence-corrected chi connectivity index (χ4v) is 2.27. The van der Waals surface area contributed by atoms with Crippen molar-refractivity contribution in [2.45, 2.75) is 13.0 Å². The van der Waals surface area contributed by atoms with Crippen molar-refractivity contribution in [3.8, 4) is 0 Å². The number of nitrogens with zero attached hydrogens (tertiary/aromatic N) is 1. The zero-order valence-corrected chi connectivity index (χ0v) is 14.9. The molecule has 0 fully saturated rings. The van der Waals surface area contributed by atoms with Gasteiger partial charge in [-0.1, -0.05) is 30.3 Å². The number of imide groups is 1. The summed E-state index contributed by atoms with van der Waals surface area (Å²) in [5.41, 5.74) is 1.78. The molecule has 0 spiro atoms. The van der Waals surface area contributed by atoms with Gasteiger partial charge in [-0.05, 0) is 31.2 Å². The summed E-state index contributed by atoms with van der Waals surface area (Å²) < 4.78 is 10.4. The van der Waals surface area contributed by atoms with Gasteiger partial charge in [-0.2, -0.15) is 0 Å². The highest BCUT2D eigenvalue weighted by Gasteiger charge is 2.19. The van der Waals surface area contributed by atoms with Crippen LogP contribution in [0.2, 0.25) is 0 Å². The predicted octanol–water partition coefficient (Wildman–Crippen LogP) is 3.12. The zero-order valence-electron chi connectivity index (χ0n) is 14.9. The third-order valence-corrected chi connectivity index (χ3v) is 3.60. The summed E-state index contributed by atoms with van der Waals surface area (Å²) in [6, 6.07) is 15.1. The summed E-state index contributed by atoms with van der Waals surface area (Å²) in [5.74, 6) is -1.29. The Labute approximate surface area is 160 Å².